The summed E-state index contributed by atoms with van der Waals surface area (Å²) in [5.41, 5.74) is 22.1. The normalized spacial score (nSPS) is 16.5. The van der Waals surface area contributed by atoms with E-state index in [1.54, 1.807) is 5.57 Å². The van der Waals surface area contributed by atoms with Crippen LogP contribution in [0.4, 0.5) is 0 Å². The maximum absolute atomic E-state index is 2.62. The van der Waals surface area contributed by atoms with E-state index < -0.39 is 0 Å². The Balaban J connectivity index is 0.818. The molecule has 2 atom stereocenters. The average molecular weight is 954 g/mol. The maximum Gasteiger partial charge on any atom is 0.0541 e. The largest absolute Gasteiger partial charge is 0.309 e. The van der Waals surface area contributed by atoms with Gasteiger partial charge in [0.15, 0.2) is 0 Å². The van der Waals surface area contributed by atoms with Crippen molar-refractivity contribution in [2.24, 2.45) is 11.8 Å². The molecule has 1 nitrogen and oxygen atoms in total. The number of fused-ring (bicyclic) bond motifs is 12. The van der Waals surface area contributed by atoms with Crippen molar-refractivity contribution in [1.82, 2.24) is 4.57 Å². The van der Waals surface area contributed by atoms with Crippen molar-refractivity contribution < 1.29 is 0 Å². The third kappa shape index (κ3) is 6.44. The topological polar surface area (TPSA) is 4.93 Å². The van der Waals surface area contributed by atoms with Crippen LogP contribution in [0.25, 0.3) is 126 Å². The molecule has 75 heavy (non-hydrogen) atoms. The van der Waals surface area contributed by atoms with Gasteiger partial charge in [-0.15, -0.1) is 0 Å². The Morgan fingerprint density at radius 3 is 1.44 bits per heavy atom. The van der Waals surface area contributed by atoms with Gasteiger partial charge in [-0.1, -0.05) is 220 Å². The van der Waals surface area contributed by atoms with E-state index >= 15 is 0 Å². The van der Waals surface area contributed by atoms with Crippen LogP contribution < -0.4 is 0 Å². The third-order valence-corrected chi connectivity index (χ3v) is 17.5. The lowest BCUT2D eigenvalue weighted by Gasteiger charge is -2.26. The molecule has 0 radical (unpaired) electrons. The quantitative estimate of drug-likeness (QED) is 0.146. The lowest BCUT2D eigenvalue weighted by atomic mass is 9.77. The van der Waals surface area contributed by atoms with Gasteiger partial charge in [0.25, 0.3) is 0 Å². The molecule has 0 N–H and O–H groups in total. The van der Waals surface area contributed by atoms with Crippen LogP contribution in [0.2, 0.25) is 0 Å². The molecule has 0 spiro atoms. The minimum atomic E-state index is -0.165. The molecule has 0 bridgehead atoms. The van der Waals surface area contributed by atoms with Crippen molar-refractivity contribution in [1.29, 1.82) is 0 Å². The second kappa shape index (κ2) is 16.0. The summed E-state index contributed by atoms with van der Waals surface area (Å²) < 4.78 is 2.53. The number of hydrogen-bond acceptors (Lipinski definition) is 0. The first-order valence-electron chi connectivity index (χ1n) is 26.7. The van der Waals surface area contributed by atoms with Gasteiger partial charge in [0.2, 0.25) is 0 Å². The molecule has 3 aliphatic rings. The molecular formula is C74H51N. The Morgan fingerprint density at radius 2 is 0.840 bits per heavy atom. The summed E-state index contributed by atoms with van der Waals surface area (Å²) in [5.74, 6) is 1.09. The first-order chi connectivity index (χ1) is 36.9. The minimum Gasteiger partial charge on any atom is -0.309 e. The molecule has 1 heteroatoms. The lowest BCUT2D eigenvalue weighted by molar-refractivity contribution is 0.651. The van der Waals surface area contributed by atoms with Crippen LogP contribution in [-0.2, 0) is 5.41 Å². The standard InChI is InChI=1S/C74H51N/c1-74(2)69-42-54(35-36-62(69)73-68-43-64(68)65(44-70(73)74)63-41-53-15-5-8-20-59(53)60-21-9-10-22-61(60)63)75-71-37-33-51(45-25-29-49(30-26-45)57-23-11-16-47-13-3-6-18-55(47)57)39-66(71)67-40-52(34-38-72(67)75)46-27-31-50(32-28-46)58-24-12-17-48-14-4-7-19-56(48)58/h3-42,44,64,68H,43H2,1-2H3. The maximum atomic E-state index is 2.62. The molecule has 0 amide bonds. The summed E-state index contributed by atoms with van der Waals surface area (Å²) in [7, 11) is 0. The first-order valence-corrected chi connectivity index (χ1v) is 26.7. The zero-order valence-corrected chi connectivity index (χ0v) is 42.0. The monoisotopic (exact) mass is 953 g/mol. The van der Waals surface area contributed by atoms with Gasteiger partial charge in [-0.05, 0) is 182 Å². The number of rotatable bonds is 6. The van der Waals surface area contributed by atoms with Gasteiger partial charge in [-0.2, -0.15) is 0 Å². The summed E-state index contributed by atoms with van der Waals surface area (Å²) in [6.45, 7) is 4.93. The fraction of sp³-hybridized carbons (Fsp3) is 0.0811. The summed E-state index contributed by atoms with van der Waals surface area (Å²) in [6, 6.07) is 91.0. The molecule has 16 rings (SSSR count). The second-order valence-corrected chi connectivity index (χ2v) is 21.9. The predicted molar refractivity (Wildman–Crippen MR) is 319 cm³/mol. The number of nitrogens with zero attached hydrogens (tertiary/aromatic N) is 1. The zero-order valence-electron chi connectivity index (χ0n) is 42.0. The van der Waals surface area contributed by atoms with Crippen molar-refractivity contribution in [2.75, 3.05) is 0 Å². The molecule has 3 aliphatic carbocycles. The molecule has 1 aromatic heterocycles. The van der Waals surface area contributed by atoms with E-state index in [0.29, 0.717) is 11.8 Å². The molecule has 13 aromatic rings. The Bertz CT molecular complexity index is 4440. The van der Waals surface area contributed by atoms with E-state index in [-0.39, 0.29) is 5.41 Å². The molecule has 352 valence electrons. The predicted octanol–water partition coefficient (Wildman–Crippen LogP) is 19.8. The van der Waals surface area contributed by atoms with E-state index in [9.17, 15) is 0 Å². The van der Waals surface area contributed by atoms with Crippen molar-refractivity contribution in [3.63, 3.8) is 0 Å². The van der Waals surface area contributed by atoms with Crippen molar-refractivity contribution in [3.8, 4) is 50.2 Å². The highest BCUT2D eigenvalue weighted by molar-refractivity contribution is 6.14. The molecule has 1 fully saturated rings. The summed E-state index contributed by atoms with van der Waals surface area (Å²) >= 11 is 0. The fourth-order valence-electron chi connectivity index (χ4n) is 13.7. The van der Waals surface area contributed by atoms with E-state index in [4.69, 9.17) is 0 Å². The van der Waals surface area contributed by atoms with Crippen molar-refractivity contribution >= 4 is 76.0 Å². The van der Waals surface area contributed by atoms with Gasteiger partial charge in [-0.25, -0.2) is 0 Å². The Kier molecular flexibility index (Phi) is 9.05. The highest BCUT2D eigenvalue weighted by atomic mass is 15.0. The Hall–Kier alpha value is -9.04. The van der Waals surface area contributed by atoms with Gasteiger partial charge >= 0.3 is 0 Å². The SMILES string of the molecule is CC1(C)C2=C(c3ccc(-n4c5ccc(-c6ccc(-c7cccc8ccccc78)cc6)cc5c5cc(-c6ccc(-c7cccc8ccccc78)cc6)ccc54)cc31)C1CC1C(c1cc3ccccc3c3ccccc13)=C2. The van der Waals surface area contributed by atoms with Crippen molar-refractivity contribution in [3.05, 3.63) is 271 Å². The summed E-state index contributed by atoms with van der Waals surface area (Å²) in [6.07, 6.45) is 3.82. The van der Waals surface area contributed by atoms with Gasteiger partial charge in [0, 0.05) is 21.9 Å². The minimum absolute atomic E-state index is 0.165. The molecule has 12 aromatic carbocycles. The Labute approximate surface area is 437 Å². The average Bonchev–Trinajstić information content (AvgIpc) is 4.18. The number of hydrogen-bond donors (Lipinski definition) is 0. The molecule has 1 saturated carbocycles. The number of allylic oxidation sites excluding steroid dienone is 4. The van der Waals surface area contributed by atoms with Crippen LogP contribution in [0.1, 0.15) is 37.0 Å². The highest BCUT2D eigenvalue weighted by Gasteiger charge is 2.52. The van der Waals surface area contributed by atoms with Crippen LogP contribution in [0.3, 0.4) is 0 Å². The van der Waals surface area contributed by atoms with Gasteiger partial charge in [-0.3, -0.25) is 0 Å². The number of benzene rings is 12. The molecule has 1 heterocycles. The molecule has 2 unspecified atom stereocenters. The molecule has 0 aliphatic heterocycles. The van der Waals surface area contributed by atoms with E-state index in [2.05, 4.69) is 267 Å². The van der Waals surface area contributed by atoms with Crippen LogP contribution >= 0.6 is 0 Å². The fourth-order valence-corrected chi connectivity index (χ4v) is 13.7. The summed E-state index contributed by atoms with van der Waals surface area (Å²) in [4.78, 5) is 0. The third-order valence-electron chi connectivity index (χ3n) is 17.5. The van der Waals surface area contributed by atoms with Crippen LogP contribution in [0.15, 0.2) is 254 Å². The summed E-state index contributed by atoms with van der Waals surface area (Å²) in [5, 5.41) is 12.9. The number of aromatic nitrogens is 1. The van der Waals surface area contributed by atoms with Crippen LogP contribution in [0, 0.1) is 11.8 Å². The smallest absolute Gasteiger partial charge is 0.0541 e. The molecular weight excluding hydrogens is 903 g/mol. The van der Waals surface area contributed by atoms with Crippen molar-refractivity contribution in [2.45, 2.75) is 25.7 Å². The highest BCUT2D eigenvalue weighted by Crippen LogP contribution is 2.65. The van der Waals surface area contributed by atoms with Gasteiger partial charge < -0.3 is 4.57 Å². The van der Waals surface area contributed by atoms with Crippen LogP contribution in [0.5, 0.6) is 0 Å². The molecule has 0 saturated heterocycles. The first kappa shape index (κ1) is 42.5. The Morgan fingerprint density at radius 1 is 0.347 bits per heavy atom. The zero-order chi connectivity index (χ0) is 49.5. The lowest BCUT2D eigenvalue weighted by Crippen LogP contribution is -2.18. The van der Waals surface area contributed by atoms with E-state index in [1.807, 2.05) is 0 Å². The van der Waals surface area contributed by atoms with Crippen LogP contribution in [-0.4, -0.2) is 4.57 Å². The van der Waals surface area contributed by atoms with Gasteiger partial charge in [0.05, 0.1) is 11.0 Å². The van der Waals surface area contributed by atoms with E-state index in [0.717, 1.165) is 0 Å². The van der Waals surface area contributed by atoms with E-state index in [1.165, 1.54) is 149 Å². The second-order valence-electron chi connectivity index (χ2n) is 21.9. The van der Waals surface area contributed by atoms with Gasteiger partial charge in [0.1, 0.15) is 0 Å².